The van der Waals surface area contributed by atoms with E-state index in [9.17, 15) is 9.59 Å². The van der Waals surface area contributed by atoms with Crippen LogP contribution in [0.15, 0.2) is 23.0 Å². The van der Waals surface area contributed by atoms with Gasteiger partial charge in [0.1, 0.15) is 10.7 Å². The van der Waals surface area contributed by atoms with Crippen LogP contribution in [0.2, 0.25) is 5.02 Å². The number of amides is 1. The number of thiophene rings is 1. The molecule has 0 aliphatic heterocycles. The highest BCUT2D eigenvalue weighted by Crippen LogP contribution is 2.27. The van der Waals surface area contributed by atoms with Gasteiger partial charge in [0.15, 0.2) is 0 Å². The summed E-state index contributed by atoms with van der Waals surface area (Å²) in [6, 6.07) is 5.35. The zero-order chi connectivity index (χ0) is 19.7. The summed E-state index contributed by atoms with van der Waals surface area (Å²) in [5, 5.41) is 3.92. The van der Waals surface area contributed by atoms with E-state index < -0.39 is 0 Å². The summed E-state index contributed by atoms with van der Waals surface area (Å²) in [7, 11) is 0. The van der Waals surface area contributed by atoms with Crippen LogP contribution in [0.4, 0.5) is 5.69 Å². The number of aryl methyl sites for hydroxylation is 3. The number of fused-ring (bicyclic) bond motifs is 1. The Bertz CT molecular complexity index is 1070. The highest BCUT2D eigenvalue weighted by Gasteiger charge is 2.17. The van der Waals surface area contributed by atoms with Gasteiger partial charge in [-0.3, -0.25) is 9.59 Å². The number of nitrogens with one attached hydrogen (secondary N) is 2. The lowest BCUT2D eigenvalue weighted by atomic mass is 10.2. The molecule has 3 aromatic rings. The van der Waals surface area contributed by atoms with Crippen LogP contribution in [0.3, 0.4) is 0 Å². The lowest BCUT2D eigenvalue weighted by Gasteiger charge is -2.13. The number of nitrogens with zero attached hydrogens (tertiary/aromatic N) is 1. The summed E-state index contributed by atoms with van der Waals surface area (Å²) < 4.78 is 0. The van der Waals surface area contributed by atoms with E-state index in [0.29, 0.717) is 22.0 Å². The Kier molecular flexibility index (Phi) is 5.93. The van der Waals surface area contributed by atoms with Crippen LogP contribution < -0.4 is 10.9 Å². The quantitative estimate of drug-likeness (QED) is 0.619. The van der Waals surface area contributed by atoms with Crippen molar-refractivity contribution in [2.75, 3.05) is 5.32 Å². The number of carbonyl (C=O) groups is 1. The van der Waals surface area contributed by atoms with Crippen LogP contribution in [0.5, 0.6) is 0 Å². The van der Waals surface area contributed by atoms with Crippen LogP contribution in [-0.2, 0) is 10.5 Å². The summed E-state index contributed by atoms with van der Waals surface area (Å²) in [5.74, 6) is 0.938. The number of aromatic nitrogens is 2. The zero-order valence-electron chi connectivity index (χ0n) is 15.5. The largest absolute Gasteiger partial charge is 0.325 e. The second-order valence-corrected chi connectivity index (χ2v) is 9.35. The first-order chi connectivity index (χ1) is 12.8. The van der Waals surface area contributed by atoms with Crippen molar-refractivity contribution in [1.82, 2.24) is 9.97 Å². The summed E-state index contributed by atoms with van der Waals surface area (Å²) in [5.41, 5.74) is 2.52. The van der Waals surface area contributed by atoms with E-state index in [0.717, 1.165) is 26.5 Å². The summed E-state index contributed by atoms with van der Waals surface area (Å²) in [6.07, 6.45) is 0. The molecule has 8 heteroatoms. The van der Waals surface area contributed by atoms with Crippen molar-refractivity contribution in [3.63, 3.8) is 0 Å². The van der Waals surface area contributed by atoms with Crippen molar-refractivity contribution in [3.8, 4) is 0 Å². The van der Waals surface area contributed by atoms with Crippen LogP contribution >= 0.6 is 34.7 Å². The molecule has 0 fully saturated rings. The van der Waals surface area contributed by atoms with Gasteiger partial charge in [-0.1, -0.05) is 11.6 Å². The van der Waals surface area contributed by atoms with E-state index >= 15 is 0 Å². The number of carbonyl (C=O) groups excluding carboxylic acids is 1. The molecule has 0 saturated heterocycles. The Hall–Kier alpha value is -1.83. The number of rotatable bonds is 5. The van der Waals surface area contributed by atoms with Gasteiger partial charge in [-0.25, -0.2) is 4.98 Å². The Balaban J connectivity index is 1.68. The van der Waals surface area contributed by atoms with Gasteiger partial charge in [0, 0.05) is 15.6 Å². The van der Waals surface area contributed by atoms with Crippen molar-refractivity contribution in [1.29, 1.82) is 0 Å². The molecule has 142 valence electrons. The lowest BCUT2D eigenvalue weighted by Crippen LogP contribution is -2.23. The summed E-state index contributed by atoms with van der Waals surface area (Å²) in [4.78, 5) is 34.0. The Morgan fingerprint density at radius 3 is 2.81 bits per heavy atom. The molecule has 2 heterocycles. The average Bonchev–Trinajstić information content (AvgIpc) is 2.89. The molecule has 0 bridgehead atoms. The van der Waals surface area contributed by atoms with E-state index in [2.05, 4.69) is 15.3 Å². The second-order valence-electron chi connectivity index (χ2n) is 6.38. The number of anilines is 1. The average molecular weight is 422 g/mol. The third-order valence-corrected chi connectivity index (χ3v) is 6.86. The number of H-pyrrole nitrogens is 1. The number of halogens is 1. The minimum absolute atomic E-state index is 0.100. The molecule has 0 spiro atoms. The van der Waals surface area contributed by atoms with Crippen LogP contribution in [0.1, 0.15) is 28.8 Å². The zero-order valence-corrected chi connectivity index (χ0v) is 17.9. The highest BCUT2D eigenvalue weighted by atomic mass is 35.5. The molecule has 0 radical (unpaired) electrons. The number of thioether (sulfide) groups is 1. The van der Waals surface area contributed by atoms with Crippen LogP contribution in [0.25, 0.3) is 10.2 Å². The maximum Gasteiger partial charge on any atom is 0.259 e. The molecule has 1 unspecified atom stereocenters. The van der Waals surface area contributed by atoms with Crippen LogP contribution in [0, 0.1) is 20.8 Å². The van der Waals surface area contributed by atoms with E-state index in [1.165, 1.54) is 23.1 Å². The third kappa shape index (κ3) is 4.36. The highest BCUT2D eigenvalue weighted by molar-refractivity contribution is 7.99. The minimum Gasteiger partial charge on any atom is -0.325 e. The molecule has 1 amide bonds. The van der Waals surface area contributed by atoms with Gasteiger partial charge in [-0.15, -0.1) is 23.1 Å². The van der Waals surface area contributed by atoms with Crippen molar-refractivity contribution >= 4 is 56.5 Å². The predicted molar refractivity (Wildman–Crippen MR) is 115 cm³/mol. The number of benzene rings is 1. The molecular formula is C19H20ClN3O2S2. The first kappa shape index (κ1) is 19.9. The maximum absolute atomic E-state index is 12.4. The van der Waals surface area contributed by atoms with E-state index in [1.807, 2.05) is 33.8 Å². The summed E-state index contributed by atoms with van der Waals surface area (Å²) in [6.45, 7) is 7.65. The topological polar surface area (TPSA) is 74.8 Å². The number of hydrogen-bond donors (Lipinski definition) is 2. The number of hydrogen-bond acceptors (Lipinski definition) is 5. The molecule has 0 saturated carbocycles. The molecule has 2 aromatic heterocycles. The minimum atomic E-state index is -0.298. The van der Waals surface area contributed by atoms with Crippen molar-refractivity contribution in [3.05, 3.63) is 55.4 Å². The molecule has 3 rings (SSSR count). The maximum atomic E-state index is 12.4. The Morgan fingerprint density at radius 1 is 1.37 bits per heavy atom. The monoisotopic (exact) mass is 421 g/mol. The fraction of sp³-hybridized carbons (Fsp3) is 0.316. The fourth-order valence-corrected chi connectivity index (χ4v) is 4.68. The van der Waals surface area contributed by atoms with Crippen molar-refractivity contribution in [2.45, 2.75) is 38.7 Å². The molecule has 0 aliphatic rings. The summed E-state index contributed by atoms with van der Waals surface area (Å²) >= 11 is 8.90. The van der Waals surface area contributed by atoms with Crippen molar-refractivity contribution < 1.29 is 4.79 Å². The Labute approximate surface area is 170 Å². The lowest BCUT2D eigenvalue weighted by molar-refractivity contribution is -0.115. The standard InChI is InChI=1S/C19H20ClN3O2S2/c1-9-7-13(20)5-6-14(9)21-17(24)12(4)26-8-15-22-18(25)16-10(2)11(3)27-19(16)23-15/h5-7,12H,8H2,1-4H3,(H,21,24)(H,22,23,25). The molecular weight excluding hydrogens is 402 g/mol. The molecule has 5 nitrogen and oxygen atoms in total. The smallest absolute Gasteiger partial charge is 0.259 e. The van der Waals surface area contributed by atoms with Gasteiger partial charge in [-0.05, 0) is 57.0 Å². The van der Waals surface area contributed by atoms with Gasteiger partial charge in [-0.2, -0.15) is 0 Å². The van der Waals surface area contributed by atoms with Gasteiger partial charge in [0.2, 0.25) is 5.91 Å². The first-order valence-electron chi connectivity index (χ1n) is 8.43. The molecule has 0 aliphatic carbocycles. The molecule has 1 atom stereocenters. The molecule has 1 aromatic carbocycles. The van der Waals surface area contributed by atoms with Gasteiger partial charge in [0.25, 0.3) is 5.56 Å². The van der Waals surface area contributed by atoms with Gasteiger partial charge in [0.05, 0.1) is 16.4 Å². The normalized spacial score (nSPS) is 12.3. The number of aromatic amines is 1. The van der Waals surface area contributed by atoms with Gasteiger partial charge >= 0.3 is 0 Å². The predicted octanol–water partition coefficient (Wildman–Crippen LogP) is 4.82. The molecule has 27 heavy (non-hydrogen) atoms. The second kappa shape index (κ2) is 8.04. The van der Waals surface area contributed by atoms with E-state index in [-0.39, 0.29) is 16.7 Å². The fourth-order valence-electron chi connectivity index (χ4n) is 2.65. The third-order valence-electron chi connectivity index (χ3n) is 4.37. The van der Waals surface area contributed by atoms with Crippen molar-refractivity contribution in [2.24, 2.45) is 0 Å². The first-order valence-corrected chi connectivity index (χ1v) is 10.7. The molecule has 2 N–H and O–H groups in total. The van der Waals surface area contributed by atoms with Crippen LogP contribution in [-0.4, -0.2) is 21.1 Å². The SMILES string of the molecule is Cc1cc(Cl)ccc1NC(=O)C(C)SCc1nc2sc(C)c(C)c2c(=O)[nH]1. The Morgan fingerprint density at radius 2 is 2.11 bits per heavy atom. The van der Waals surface area contributed by atoms with E-state index in [4.69, 9.17) is 11.6 Å². The van der Waals surface area contributed by atoms with E-state index in [1.54, 1.807) is 12.1 Å². The van der Waals surface area contributed by atoms with Gasteiger partial charge < -0.3 is 10.3 Å².